The van der Waals surface area contributed by atoms with Crippen molar-refractivity contribution < 1.29 is 9.59 Å². The second-order valence-corrected chi connectivity index (χ2v) is 4.07. The number of hydrogen-bond acceptors (Lipinski definition) is 3. The van der Waals surface area contributed by atoms with Crippen LogP contribution in [0.1, 0.15) is 42.5 Å². The Morgan fingerprint density at radius 2 is 1.53 bits per heavy atom. The topological polar surface area (TPSA) is 86.2 Å². The smallest absolute Gasteiger partial charge is 0.217 e. The number of hydrogen-bond donors (Lipinski definition) is 2. The first kappa shape index (κ1) is 13.2. The van der Waals surface area contributed by atoms with Crippen molar-refractivity contribution in [2.75, 3.05) is 5.73 Å². The molecule has 0 unspecified atom stereocenters. The van der Waals surface area contributed by atoms with Crippen molar-refractivity contribution in [3.05, 3.63) is 29.8 Å². The molecule has 4 heteroatoms. The molecule has 0 heterocycles. The Hall–Kier alpha value is -1.84. The van der Waals surface area contributed by atoms with E-state index in [4.69, 9.17) is 11.5 Å². The van der Waals surface area contributed by atoms with E-state index in [0.29, 0.717) is 24.1 Å². The lowest BCUT2D eigenvalue weighted by Crippen LogP contribution is -2.09. The molecule has 4 nitrogen and oxygen atoms in total. The number of nitrogen functional groups attached to an aromatic ring is 1. The first-order valence-electron chi connectivity index (χ1n) is 5.76. The SMILES string of the molecule is NC(=O)CCCCCC(=O)c1ccc(N)cc1. The fourth-order valence-electron chi connectivity index (χ4n) is 1.57. The molecule has 0 atom stereocenters. The number of unbranched alkanes of at least 4 members (excludes halogenated alkanes) is 2. The summed E-state index contributed by atoms with van der Waals surface area (Å²) in [6.45, 7) is 0. The average Bonchev–Trinajstić information content (AvgIpc) is 2.29. The van der Waals surface area contributed by atoms with Gasteiger partial charge in [-0.3, -0.25) is 9.59 Å². The highest BCUT2D eigenvalue weighted by Gasteiger charge is 2.05. The van der Waals surface area contributed by atoms with Crippen molar-refractivity contribution in [1.29, 1.82) is 0 Å². The molecule has 1 rings (SSSR count). The zero-order chi connectivity index (χ0) is 12.7. The van der Waals surface area contributed by atoms with Crippen molar-refractivity contribution in [2.24, 2.45) is 5.73 Å². The van der Waals surface area contributed by atoms with Gasteiger partial charge in [0.25, 0.3) is 0 Å². The Morgan fingerprint density at radius 3 is 2.12 bits per heavy atom. The van der Waals surface area contributed by atoms with Gasteiger partial charge in [-0.1, -0.05) is 6.42 Å². The number of amides is 1. The van der Waals surface area contributed by atoms with Crippen LogP contribution >= 0.6 is 0 Å². The van der Waals surface area contributed by atoms with Crippen LogP contribution in [0.2, 0.25) is 0 Å². The van der Waals surface area contributed by atoms with Gasteiger partial charge in [-0.2, -0.15) is 0 Å². The standard InChI is InChI=1S/C13H18N2O2/c14-11-8-6-10(7-9-11)12(16)4-2-1-3-5-13(15)17/h6-9H,1-5,14H2,(H2,15,17). The molecule has 0 saturated heterocycles. The van der Waals surface area contributed by atoms with Gasteiger partial charge in [0.15, 0.2) is 5.78 Å². The number of primary amides is 1. The van der Waals surface area contributed by atoms with Crippen LogP contribution in [0.4, 0.5) is 5.69 Å². The largest absolute Gasteiger partial charge is 0.399 e. The van der Waals surface area contributed by atoms with Crippen LogP contribution in [0.5, 0.6) is 0 Å². The molecule has 1 aromatic rings. The number of anilines is 1. The maximum Gasteiger partial charge on any atom is 0.217 e. The zero-order valence-electron chi connectivity index (χ0n) is 9.82. The van der Waals surface area contributed by atoms with Crippen molar-refractivity contribution >= 4 is 17.4 Å². The highest BCUT2D eigenvalue weighted by molar-refractivity contribution is 5.96. The molecule has 0 radical (unpaired) electrons. The molecular weight excluding hydrogens is 216 g/mol. The zero-order valence-corrected chi connectivity index (χ0v) is 9.82. The van der Waals surface area contributed by atoms with Crippen LogP contribution in [-0.2, 0) is 4.79 Å². The summed E-state index contributed by atoms with van der Waals surface area (Å²) in [7, 11) is 0. The van der Waals surface area contributed by atoms with E-state index in [1.165, 1.54) is 0 Å². The van der Waals surface area contributed by atoms with Gasteiger partial charge in [-0.15, -0.1) is 0 Å². The molecule has 4 N–H and O–H groups in total. The van der Waals surface area contributed by atoms with E-state index in [-0.39, 0.29) is 11.7 Å². The van der Waals surface area contributed by atoms with Gasteiger partial charge in [-0.05, 0) is 37.1 Å². The monoisotopic (exact) mass is 234 g/mol. The van der Waals surface area contributed by atoms with Gasteiger partial charge in [-0.25, -0.2) is 0 Å². The lowest BCUT2D eigenvalue weighted by Gasteiger charge is -2.01. The van der Waals surface area contributed by atoms with E-state index in [0.717, 1.165) is 19.3 Å². The van der Waals surface area contributed by atoms with E-state index in [1.54, 1.807) is 24.3 Å². The quantitative estimate of drug-likeness (QED) is 0.429. The molecule has 0 aliphatic heterocycles. The molecule has 0 aliphatic carbocycles. The summed E-state index contributed by atoms with van der Waals surface area (Å²) < 4.78 is 0. The third kappa shape index (κ3) is 5.15. The Balaban J connectivity index is 2.25. The fourth-order valence-corrected chi connectivity index (χ4v) is 1.57. The van der Waals surface area contributed by atoms with Gasteiger partial charge in [0.2, 0.25) is 5.91 Å². The third-order valence-electron chi connectivity index (χ3n) is 2.56. The van der Waals surface area contributed by atoms with Crippen molar-refractivity contribution in [1.82, 2.24) is 0 Å². The maximum absolute atomic E-state index is 11.7. The fraction of sp³-hybridized carbons (Fsp3) is 0.385. The maximum atomic E-state index is 11.7. The molecule has 1 amide bonds. The Kier molecular flexibility index (Phi) is 5.20. The van der Waals surface area contributed by atoms with Crippen molar-refractivity contribution in [3.8, 4) is 0 Å². The molecule has 17 heavy (non-hydrogen) atoms. The molecule has 0 saturated carbocycles. The van der Waals surface area contributed by atoms with Crippen LogP contribution in [0, 0.1) is 0 Å². The second-order valence-electron chi connectivity index (χ2n) is 4.07. The van der Waals surface area contributed by atoms with Crippen LogP contribution in [0.15, 0.2) is 24.3 Å². The lowest BCUT2D eigenvalue weighted by atomic mass is 10.0. The summed E-state index contributed by atoms with van der Waals surface area (Å²) in [5, 5.41) is 0. The van der Waals surface area contributed by atoms with Gasteiger partial charge in [0.1, 0.15) is 0 Å². The number of rotatable bonds is 7. The normalized spacial score (nSPS) is 10.1. The molecular formula is C13H18N2O2. The van der Waals surface area contributed by atoms with Gasteiger partial charge in [0.05, 0.1) is 0 Å². The summed E-state index contributed by atoms with van der Waals surface area (Å²) >= 11 is 0. The van der Waals surface area contributed by atoms with Gasteiger partial charge < -0.3 is 11.5 Å². The summed E-state index contributed by atoms with van der Waals surface area (Å²) in [6, 6.07) is 6.92. The Bertz CT molecular complexity index is 385. The molecule has 0 aromatic heterocycles. The molecule has 1 aromatic carbocycles. The molecule has 92 valence electrons. The summed E-state index contributed by atoms with van der Waals surface area (Å²) in [5.74, 6) is -0.168. The first-order valence-corrected chi connectivity index (χ1v) is 5.76. The summed E-state index contributed by atoms with van der Waals surface area (Å²) in [4.78, 5) is 22.2. The van der Waals surface area contributed by atoms with E-state index >= 15 is 0 Å². The second kappa shape index (κ2) is 6.68. The number of Topliss-reactive ketones (excluding diaryl/α,β-unsaturated/α-hetero) is 1. The van der Waals surface area contributed by atoms with Gasteiger partial charge >= 0.3 is 0 Å². The minimum atomic E-state index is -0.283. The number of benzene rings is 1. The first-order chi connectivity index (χ1) is 8.09. The number of ketones is 1. The van der Waals surface area contributed by atoms with Crippen LogP contribution < -0.4 is 11.5 Å². The summed E-state index contributed by atoms with van der Waals surface area (Å²) in [5.41, 5.74) is 11.9. The predicted molar refractivity (Wildman–Crippen MR) is 67.5 cm³/mol. The Labute approximate surface area is 101 Å². The average molecular weight is 234 g/mol. The molecule has 0 spiro atoms. The Morgan fingerprint density at radius 1 is 0.941 bits per heavy atom. The van der Waals surface area contributed by atoms with Crippen LogP contribution in [0.3, 0.4) is 0 Å². The lowest BCUT2D eigenvalue weighted by molar-refractivity contribution is -0.118. The van der Waals surface area contributed by atoms with Gasteiger partial charge in [0, 0.05) is 24.1 Å². The number of carbonyl (C=O) groups is 2. The van der Waals surface area contributed by atoms with Crippen LogP contribution in [0.25, 0.3) is 0 Å². The molecule has 0 fully saturated rings. The van der Waals surface area contributed by atoms with E-state index in [2.05, 4.69) is 0 Å². The number of nitrogens with two attached hydrogens (primary N) is 2. The summed E-state index contributed by atoms with van der Waals surface area (Å²) in [6.07, 6.45) is 3.29. The highest BCUT2D eigenvalue weighted by atomic mass is 16.1. The van der Waals surface area contributed by atoms with E-state index in [9.17, 15) is 9.59 Å². The highest BCUT2D eigenvalue weighted by Crippen LogP contribution is 2.11. The third-order valence-corrected chi connectivity index (χ3v) is 2.56. The molecule has 0 aliphatic rings. The van der Waals surface area contributed by atoms with Crippen molar-refractivity contribution in [3.63, 3.8) is 0 Å². The predicted octanol–water partition coefficient (Wildman–Crippen LogP) is 1.89. The van der Waals surface area contributed by atoms with E-state index < -0.39 is 0 Å². The van der Waals surface area contributed by atoms with Crippen LogP contribution in [-0.4, -0.2) is 11.7 Å². The van der Waals surface area contributed by atoms with Crippen molar-refractivity contribution in [2.45, 2.75) is 32.1 Å². The van der Waals surface area contributed by atoms with E-state index in [1.807, 2.05) is 0 Å². The minimum Gasteiger partial charge on any atom is -0.399 e. The minimum absolute atomic E-state index is 0.115. The number of carbonyl (C=O) groups excluding carboxylic acids is 2. The molecule has 0 bridgehead atoms.